The van der Waals surface area contributed by atoms with Crippen molar-refractivity contribution in [3.05, 3.63) is 63.9 Å². The molecule has 4 heteroatoms. The Hall–Kier alpha value is -1.68. The number of amides is 1. The fourth-order valence-corrected chi connectivity index (χ4v) is 2.85. The Balaban J connectivity index is 1.98. The van der Waals surface area contributed by atoms with Gasteiger partial charge in [-0.15, -0.1) is 0 Å². The highest BCUT2D eigenvalue weighted by atomic mass is 79.9. The number of halogens is 2. The number of carbonyl (C=O) groups excluding carboxylic acids is 1. The molecule has 0 aliphatic carbocycles. The van der Waals surface area contributed by atoms with Crippen molar-refractivity contribution in [1.29, 1.82) is 0 Å². The predicted octanol–water partition coefficient (Wildman–Crippen LogP) is 3.79. The molecule has 0 N–H and O–H groups in total. The molecule has 1 aliphatic heterocycles. The molecule has 0 radical (unpaired) electrons. The molecule has 0 atom stereocenters. The zero-order chi connectivity index (χ0) is 13.4. The summed E-state index contributed by atoms with van der Waals surface area (Å²) in [5.41, 5.74) is 2.45. The van der Waals surface area contributed by atoms with Crippen molar-refractivity contribution in [2.75, 3.05) is 11.4 Å². The molecule has 3 rings (SSSR count). The van der Waals surface area contributed by atoms with E-state index in [-0.39, 0.29) is 5.91 Å². The first-order valence-corrected chi connectivity index (χ1v) is 6.80. The molecule has 0 bridgehead atoms. The SMILES string of the molecule is O=C(c1cc(F)cc(Br)c1)N1CCc2ccccc21. The van der Waals surface area contributed by atoms with E-state index < -0.39 is 5.82 Å². The summed E-state index contributed by atoms with van der Waals surface area (Å²) in [4.78, 5) is 14.2. The Labute approximate surface area is 119 Å². The number of rotatable bonds is 1. The van der Waals surface area contributed by atoms with E-state index in [4.69, 9.17) is 0 Å². The zero-order valence-corrected chi connectivity index (χ0v) is 11.7. The van der Waals surface area contributed by atoms with E-state index in [1.165, 1.54) is 12.1 Å². The lowest BCUT2D eigenvalue weighted by molar-refractivity contribution is 0.0989. The van der Waals surface area contributed by atoms with Crippen molar-refractivity contribution in [2.45, 2.75) is 6.42 Å². The van der Waals surface area contributed by atoms with Gasteiger partial charge in [0.15, 0.2) is 0 Å². The van der Waals surface area contributed by atoms with E-state index in [1.54, 1.807) is 11.0 Å². The van der Waals surface area contributed by atoms with Crippen LogP contribution < -0.4 is 4.90 Å². The van der Waals surface area contributed by atoms with Crippen LogP contribution in [0.25, 0.3) is 0 Å². The fourth-order valence-electron chi connectivity index (χ4n) is 2.38. The lowest BCUT2D eigenvalue weighted by atomic mass is 10.1. The maximum absolute atomic E-state index is 13.4. The van der Waals surface area contributed by atoms with Crippen molar-refractivity contribution in [1.82, 2.24) is 0 Å². The lowest BCUT2D eigenvalue weighted by Gasteiger charge is -2.17. The highest BCUT2D eigenvalue weighted by Gasteiger charge is 2.25. The van der Waals surface area contributed by atoms with Crippen molar-refractivity contribution < 1.29 is 9.18 Å². The third-order valence-corrected chi connectivity index (χ3v) is 3.70. The number of para-hydroxylation sites is 1. The van der Waals surface area contributed by atoms with Gasteiger partial charge in [0.25, 0.3) is 5.91 Å². The molecule has 19 heavy (non-hydrogen) atoms. The van der Waals surface area contributed by atoms with Crippen LogP contribution in [0.1, 0.15) is 15.9 Å². The summed E-state index contributed by atoms with van der Waals surface area (Å²) in [6.07, 6.45) is 0.846. The molecule has 0 fully saturated rings. The summed E-state index contributed by atoms with van der Waals surface area (Å²) >= 11 is 3.21. The second kappa shape index (κ2) is 4.78. The van der Waals surface area contributed by atoms with Gasteiger partial charge < -0.3 is 4.90 Å². The number of hydrogen-bond acceptors (Lipinski definition) is 1. The Kier molecular flexibility index (Phi) is 3.11. The number of nitrogens with zero attached hydrogens (tertiary/aromatic N) is 1. The van der Waals surface area contributed by atoms with Gasteiger partial charge in [-0.25, -0.2) is 4.39 Å². The molecule has 0 unspecified atom stereocenters. The highest BCUT2D eigenvalue weighted by Crippen LogP contribution is 2.29. The molecule has 96 valence electrons. The monoisotopic (exact) mass is 319 g/mol. The minimum absolute atomic E-state index is 0.162. The molecule has 1 amide bonds. The van der Waals surface area contributed by atoms with Crippen LogP contribution in [0.3, 0.4) is 0 Å². The molecular weight excluding hydrogens is 309 g/mol. The zero-order valence-electron chi connectivity index (χ0n) is 10.1. The fraction of sp³-hybridized carbons (Fsp3) is 0.133. The summed E-state index contributed by atoms with van der Waals surface area (Å²) in [6.45, 7) is 0.645. The Morgan fingerprint density at radius 1 is 1.21 bits per heavy atom. The summed E-state index contributed by atoms with van der Waals surface area (Å²) in [7, 11) is 0. The van der Waals surface area contributed by atoms with Crippen molar-refractivity contribution >= 4 is 27.5 Å². The average Bonchev–Trinajstić information content (AvgIpc) is 2.80. The maximum Gasteiger partial charge on any atom is 0.258 e. The largest absolute Gasteiger partial charge is 0.308 e. The van der Waals surface area contributed by atoms with Crippen LogP contribution in [0.5, 0.6) is 0 Å². The van der Waals surface area contributed by atoms with E-state index in [1.807, 2.05) is 24.3 Å². The minimum atomic E-state index is -0.412. The van der Waals surface area contributed by atoms with E-state index in [0.29, 0.717) is 16.6 Å². The minimum Gasteiger partial charge on any atom is -0.308 e. The first-order valence-electron chi connectivity index (χ1n) is 6.01. The number of carbonyl (C=O) groups is 1. The number of benzene rings is 2. The number of anilines is 1. The average molecular weight is 320 g/mol. The van der Waals surface area contributed by atoms with Crippen LogP contribution in [0.2, 0.25) is 0 Å². The van der Waals surface area contributed by atoms with Crippen LogP contribution in [0, 0.1) is 5.82 Å². The molecule has 2 aromatic rings. The van der Waals surface area contributed by atoms with Gasteiger partial charge in [-0.05, 0) is 36.2 Å². The van der Waals surface area contributed by atoms with E-state index in [0.717, 1.165) is 17.7 Å². The third kappa shape index (κ3) is 2.28. The quantitative estimate of drug-likeness (QED) is 0.783. The topological polar surface area (TPSA) is 20.3 Å². The third-order valence-electron chi connectivity index (χ3n) is 3.24. The number of fused-ring (bicyclic) bond motifs is 1. The van der Waals surface area contributed by atoms with Gasteiger partial charge in [0, 0.05) is 22.3 Å². The molecule has 0 saturated carbocycles. The Morgan fingerprint density at radius 3 is 2.79 bits per heavy atom. The van der Waals surface area contributed by atoms with Gasteiger partial charge >= 0.3 is 0 Å². The summed E-state index contributed by atoms with van der Waals surface area (Å²) < 4.78 is 13.9. The highest BCUT2D eigenvalue weighted by molar-refractivity contribution is 9.10. The van der Waals surface area contributed by atoms with Crippen molar-refractivity contribution in [3.63, 3.8) is 0 Å². The van der Waals surface area contributed by atoms with Gasteiger partial charge in [0.05, 0.1) is 0 Å². The Bertz CT molecular complexity index is 636. The molecule has 2 nitrogen and oxygen atoms in total. The van der Waals surface area contributed by atoms with E-state index in [9.17, 15) is 9.18 Å². The lowest BCUT2D eigenvalue weighted by Crippen LogP contribution is -2.28. The van der Waals surface area contributed by atoms with Gasteiger partial charge in [0.1, 0.15) is 5.82 Å². The van der Waals surface area contributed by atoms with Gasteiger partial charge in [-0.1, -0.05) is 34.1 Å². The van der Waals surface area contributed by atoms with Crippen LogP contribution in [0.15, 0.2) is 46.9 Å². The van der Waals surface area contributed by atoms with Crippen LogP contribution in [-0.2, 0) is 6.42 Å². The van der Waals surface area contributed by atoms with Crippen LogP contribution in [-0.4, -0.2) is 12.5 Å². The first-order chi connectivity index (χ1) is 9.15. The Morgan fingerprint density at radius 2 is 2.00 bits per heavy atom. The van der Waals surface area contributed by atoms with Gasteiger partial charge in [-0.3, -0.25) is 4.79 Å². The van der Waals surface area contributed by atoms with E-state index >= 15 is 0 Å². The second-order valence-electron chi connectivity index (χ2n) is 4.49. The molecule has 2 aromatic carbocycles. The van der Waals surface area contributed by atoms with Crippen LogP contribution >= 0.6 is 15.9 Å². The van der Waals surface area contributed by atoms with Gasteiger partial charge in [0.2, 0.25) is 0 Å². The smallest absolute Gasteiger partial charge is 0.258 e. The molecule has 0 saturated heterocycles. The second-order valence-corrected chi connectivity index (χ2v) is 5.41. The normalized spacial score (nSPS) is 13.5. The van der Waals surface area contributed by atoms with E-state index in [2.05, 4.69) is 15.9 Å². The van der Waals surface area contributed by atoms with Crippen LogP contribution in [0.4, 0.5) is 10.1 Å². The molecule has 0 spiro atoms. The van der Waals surface area contributed by atoms with Gasteiger partial charge in [-0.2, -0.15) is 0 Å². The molecule has 1 aliphatic rings. The molecule has 0 aromatic heterocycles. The summed E-state index contributed by atoms with van der Waals surface area (Å²) in [5.74, 6) is -0.574. The molecular formula is C15H11BrFNO. The van der Waals surface area contributed by atoms with Crippen molar-refractivity contribution in [3.8, 4) is 0 Å². The number of hydrogen-bond donors (Lipinski definition) is 0. The maximum atomic E-state index is 13.4. The van der Waals surface area contributed by atoms with Crippen molar-refractivity contribution in [2.24, 2.45) is 0 Å². The predicted molar refractivity (Wildman–Crippen MR) is 75.9 cm³/mol. The first kappa shape index (κ1) is 12.4. The molecule has 1 heterocycles. The summed E-state index contributed by atoms with van der Waals surface area (Å²) in [5, 5.41) is 0. The standard InChI is InChI=1S/C15H11BrFNO/c16-12-7-11(8-13(17)9-12)15(19)18-6-5-10-3-1-2-4-14(10)18/h1-4,7-9H,5-6H2. The summed E-state index contributed by atoms with van der Waals surface area (Å²) in [6, 6.07) is 12.1.